The fraction of sp³-hybridized carbons (Fsp3) is 0.217. The lowest BCUT2D eigenvalue weighted by molar-refractivity contribution is 0.723. The predicted molar refractivity (Wildman–Crippen MR) is 112 cm³/mol. The minimum absolute atomic E-state index is 0.252. The third kappa shape index (κ3) is 5.17. The first-order chi connectivity index (χ1) is 13.3. The van der Waals surface area contributed by atoms with Crippen LogP contribution < -0.4 is 10.6 Å². The molecule has 0 aliphatic heterocycles. The van der Waals surface area contributed by atoms with E-state index in [1.807, 2.05) is 12.3 Å². The van der Waals surface area contributed by atoms with Crippen LogP contribution >= 0.6 is 0 Å². The summed E-state index contributed by atoms with van der Waals surface area (Å²) in [7, 11) is 1.79. The van der Waals surface area contributed by atoms with Crippen LogP contribution in [-0.4, -0.2) is 24.5 Å². The fourth-order valence-electron chi connectivity index (χ4n) is 3.09. The van der Waals surface area contributed by atoms with Gasteiger partial charge in [-0.05, 0) is 29.7 Å². The second kappa shape index (κ2) is 9.53. The topological polar surface area (TPSA) is 49.3 Å². The van der Waals surface area contributed by atoms with E-state index in [0.717, 1.165) is 18.2 Å². The monoisotopic (exact) mass is 358 g/mol. The molecular formula is C23H26N4. The van der Waals surface area contributed by atoms with Gasteiger partial charge in [0.1, 0.15) is 0 Å². The van der Waals surface area contributed by atoms with Crippen molar-refractivity contribution in [1.82, 2.24) is 15.6 Å². The molecule has 1 heterocycles. The lowest BCUT2D eigenvalue weighted by Gasteiger charge is -2.20. The van der Waals surface area contributed by atoms with E-state index in [4.69, 9.17) is 0 Å². The Morgan fingerprint density at radius 3 is 2.07 bits per heavy atom. The molecule has 0 saturated heterocycles. The molecule has 2 N–H and O–H groups in total. The van der Waals surface area contributed by atoms with Gasteiger partial charge in [-0.15, -0.1) is 0 Å². The number of nitrogens with one attached hydrogen (secondary N) is 2. The maximum absolute atomic E-state index is 4.43. The highest BCUT2D eigenvalue weighted by atomic mass is 15.2. The summed E-state index contributed by atoms with van der Waals surface area (Å²) < 4.78 is 0. The van der Waals surface area contributed by atoms with Gasteiger partial charge in [-0.1, -0.05) is 66.7 Å². The summed E-state index contributed by atoms with van der Waals surface area (Å²) >= 11 is 0. The van der Waals surface area contributed by atoms with E-state index >= 15 is 0 Å². The SMILES string of the molecule is CN=C(NCc1ncccc1C)NCC(c1ccccc1)c1ccccc1. The number of guanidine groups is 1. The molecule has 1 aromatic heterocycles. The van der Waals surface area contributed by atoms with E-state index in [9.17, 15) is 0 Å². The van der Waals surface area contributed by atoms with Crippen molar-refractivity contribution in [1.29, 1.82) is 0 Å². The second-order valence-electron chi connectivity index (χ2n) is 6.45. The number of rotatable bonds is 6. The van der Waals surface area contributed by atoms with Crippen LogP contribution in [0.3, 0.4) is 0 Å². The van der Waals surface area contributed by atoms with Crippen LogP contribution in [0.5, 0.6) is 0 Å². The van der Waals surface area contributed by atoms with E-state index in [1.54, 1.807) is 7.05 Å². The Morgan fingerprint density at radius 2 is 1.52 bits per heavy atom. The molecule has 3 rings (SSSR count). The van der Waals surface area contributed by atoms with Crippen molar-refractivity contribution in [2.75, 3.05) is 13.6 Å². The van der Waals surface area contributed by atoms with Gasteiger partial charge in [0.05, 0.1) is 12.2 Å². The third-order valence-electron chi connectivity index (χ3n) is 4.64. The zero-order valence-corrected chi connectivity index (χ0v) is 15.9. The highest BCUT2D eigenvalue weighted by Crippen LogP contribution is 2.23. The largest absolute Gasteiger partial charge is 0.355 e. The Balaban J connectivity index is 1.68. The normalized spacial score (nSPS) is 11.4. The zero-order chi connectivity index (χ0) is 18.9. The minimum atomic E-state index is 0.252. The number of hydrogen-bond acceptors (Lipinski definition) is 2. The molecule has 0 bridgehead atoms. The first kappa shape index (κ1) is 18.6. The fourth-order valence-corrected chi connectivity index (χ4v) is 3.09. The maximum Gasteiger partial charge on any atom is 0.191 e. The lowest BCUT2D eigenvalue weighted by atomic mass is 9.91. The quantitative estimate of drug-likeness (QED) is 0.519. The van der Waals surface area contributed by atoms with Crippen LogP contribution in [0.15, 0.2) is 84.0 Å². The molecule has 0 saturated carbocycles. The Bertz CT molecular complexity index is 820. The number of aryl methyl sites for hydroxylation is 1. The molecule has 0 aliphatic rings. The summed E-state index contributed by atoms with van der Waals surface area (Å²) in [5, 5.41) is 6.83. The van der Waals surface area contributed by atoms with E-state index in [0.29, 0.717) is 6.54 Å². The first-order valence-electron chi connectivity index (χ1n) is 9.23. The van der Waals surface area contributed by atoms with Crippen molar-refractivity contribution in [2.24, 2.45) is 4.99 Å². The number of hydrogen-bond donors (Lipinski definition) is 2. The molecule has 3 aromatic rings. The van der Waals surface area contributed by atoms with E-state index in [-0.39, 0.29) is 5.92 Å². The van der Waals surface area contributed by atoms with Crippen molar-refractivity contribution < 1.29 is 0 Å². The molecule has 138 valence electrons. The molecular weight excluding hydrogens is 332 g/mol. The molecule has 0 aliphatic carbocycles. The minimum Gasteiger partial charge on any atom is -0.355 e. The summed E-state index contributed by atoms with van der Waals surface area (Å²) in [5.41, 5.74) is 4.77. The Labute approximate surface area is 161 Å². The number of pyridine rings is 1. The van der Waals surface area contributed by atoms with Crippen molar-refractivity contribution in [3.05, 3.63) is 101 Å². The summed E-state index contributed by atoms with van der Waals surface area (Å²) in [6.45, 7) is 3.48. The molecule has 0 fully saturated rings. The highest BCUT2D eigenvalue weighted by molar-refractivity contribution is 5.79. The molecule has 0 unspecified atom stereocenters. The van der Waals surface area contributed by atoms with E-state index in [1.165, 1.54) is 16.7 Å². The molecule has 2 aromatic carbocycles. The molecule has 27 heavy (non-hydrogen) atoms. The summed E-state index contributed by atoms with van der Waals surface area (Å²) in [5.74, 6) is 1.03. The van der Waals surface area contributed by atoms with Crippen LogP contribution in [-0.2, 0) is 6.54 Å². The second-order valence-corrected chi connectivity index (χ2v) is 6.45. The van der Waals surface area contributed by atoms with E-state index < -0.39 is 0 Å². The average molecular weight is 358 g/mol. The van der Waals surface area contributed by atoms with Gasteiger partial charge in [0.15, 0.2) is 5.96 Å². The highest BCUT2D eigenvalue weighted by Gasteiger charge is 2.14. The molecule has 0 amide bonds. The van der Waals surface area contributed by atoms with Gasteiger partial charge in [-0.3, -0.25) is 9.98 Å². The molecule has 4 heteroatoms. The molecule has 0 atom stereocenters. The van der Waals surface area contributed by atoms with Gasteiger partial charge in [-0.25, -0.2) is 0 Å². The summed E-state index contributed by atoms with van der Waals surface area (Å²) in [6.07, 6.45) is 1.82. The number of benzene rings is 2. The van der Waals surface area contributed by atoms with Gasteiger partial charge in [0.25, 0.3) is 0 Å². The van der Waals surface area contributed by atoms with Crippen molar-refractivity contribution in [2.45, 2.75) is 19.4 Å². The van der Waals surface area contributed by atoms with Crippen LogP contribution in [0.4, 0.5) is 0 Å². The van der Waals surface area contributed by atoms with Gasteiger partial charge in [0, 0.05) is 25.7 Å². The molecule has 0 radical (unpaired) electrons. The Hall–Kier alpha value is -3.14. The van der Waals surface area contributed by atoms with Crippen LogP contribution in [0.2, 0.25) is 0 Å². The maximum atomic E-state index is 4.43. The van der Waals surface area contributed by atoms with Gasteiger partial charge >= 0.3 is 0 Å². The van der Waals surface area contributed by atoms with Crippen molar-refractivity contribution >= 4 is 5.96 Å². The molecule has 4 nitrogen and oxygen atoms in total. The smallest absolute Gasteiger partial charge is 0.191 e. The lowest BCUT2D eigenvalue weighted by Crippen LogP contribution is -2.39. The summed E-state index contributed by atoms with van der Waals surface area (Å²) in [6, 6.07) is 25.2. The number of nitrogens with zero attached hydrogens (tertiary/aromatic N) is 2. The van der Waals surface area contributed by atoms with Crippen LogP contribution in [0.1, 0.15) is 28.3 Å². The van der Waals surface area contributed by atoms with Crippen LogP contribution in [0, 0.1) is 6.92 Å². The molecule has 0 spiro atoms. The predicted octanol–water partition coefficient (Wildman–Crippen LogP) is 3.89. The van der Waals surface area contributed by atoms with Gasteiger partial charge in [-0.2, -0.15) is 0 Å². The van der Waals surface area contributed by atoms with Crippen molar-refractivity contribution in [3.8, 4) is 0 Å². The zero-order valence-electron chi connectivity index (χ0n) is 15.9. The third-order valence-corrected chi connectivity index (χ3v) is 4.64. The number of aliphatic imine (C=N–C) groups is 1. The van der Waals surface area contributed by atoms with Crippen molar-refractivity contribution in [3.63, 3.8) is 0 Å². The van der Waals surface area contributed by atoms with Gasteiger partial charge < -0.3 is 10.6 Å². The summed E-state index contributed by atoms with van der Waals surface area (Å²) in [4.78, 5) is 8.79. The Kier molecular flexibility index (Phi) is 6.58. The first-order valence-corrected chi connectivity index (χ1v) is 9.23. The van der Waals surface area contributed by atoms with Crippen LogP contribution in [0.25, 0.3) is 0 Å². The van der Waals surface area contributed by atoms with E-state index in [2.05, 4.69) is 94.3 Å². The average Bonchev–Trinajstić information content (AvgIpc) is 2.73. The number of aromatic nitrogens is 1. The van der Waals surface area contributed by atoms with Gasteiger partial charge in [0.2, 0.25) is 0 Å². The standard InChI is InChI=1S/C23H26N4/c1-18-10-9-15-25-22(18)17-27-23(24-2)26-16-21(19-11-5-3-6-12-19)20-13-7-4-8-14-20/h3-15,21H,16-17H2,1-2H3,(H2,24,26,27). The Morgan fingerprint density at radius 1 is 0.889 bits per heavy atom.